The molecular weight excluding hydrogens is 223 g/mol. The van der Waals surface area contributed by atoms with Gasteiger partial charge in [0.25, 0.3) is 0 Å². The molecule has 0 saturated heterocycles. The third-order valence-electron chi connectivity index (χ3n) is 2.08. The normalized spacial score (nSPS) is 10.2. The Balaban J connectivity index is 0.00000112. The van der Waals surface area contributed by atoms with Crippen LogP contribution in [0, 0.1) is 6.92 Å². The van der Waals surface area contributed by atoms with Crippen LogP contribution in [0.25, 0.3) is 0 Å². The average molecular weight is 237 g/mol. The summed E-state index contributed by atoms with van der Waals surface area (Å²) in [7, 11) is 0.773. The maximum Gasteiger partial charge on any atom is -0.0224 e. The highest BCUT2D eigenvalue weighted by atomic mass is 35.5. The average Bonchev–Trinajstić information content (AvgIpc) is 2.19. The van der Waals surface area contributed by atoms with E-state index >= 15 is 0 Å². The Bertz CT molecular complexity index is 412. The van der Waals surface area contributed by atoms with Crippen molar-refractivity contribution in [2.45, 2.75) is 6.92 Å². The molecule has 0 fully saturated rings. The summed E-state index contributed by atoms with van der Waals surface area (Å²) in [5.41, 5.74) is 1.34. The minimum atomic E-state index is 0. The second-order valence-electron chi connectivity index (χ2n) is 3.36. The zero-order valence-corrected chi connectivity index (χ0v) is 10.4. The lowest BCUT2D eigenvalue weighted by atomic mass is 10.2. The molecule has 2 aromatic rings. The maximum absolute atomic E-state index is 2.26. The maximum atomic E-state index is 2.26. The van der Waals surface area contributed by atoms with Crippen LogP contribution in [0.15, 0.2) is 54.6 Å². The van der Waals surface area contributed by atoms with Crippen molar-refractivity contribution in [2.75, 3.05) is 0 Å². The van der Waals surface area contributed by atoms with E-state index in [0.29, 0.717) is 0 Å². The predicted octanol–water partition coefficient (Wildman–Crippen LogP) is 3.05. The Morgan fingerprint density at radius 2 is 1.47 bits per heavy atom. The molecule has 0 nitrogen and oxygen atoms in total. The van der Waals surface area contributed by atoms with Crippen LogP contribution >= 0.6 is 21.0 Å². The van der Waals surface area contributed by atoms with Gasteiger partial charge >= 0.3 is 0 Å². The molecule has 2 rings (SSSR count). The molecule has 0 spiro atoms. The van der Waals surface area contributed by atoms with Gasteiger partial charge in [0.15, 0.2) is 0 Å². The SMILES string of the molecule is Cc1cccc(Pc2ccccc2)c1.Cl. The smallest absolute Gasteiger partial charge is 0.0224 e. The molecule has 0 aliphatic rings. The molecular formula is C13H14ClP. The van der Waals surface area contributed by atoms with Crippen molar-refractivity contribution in [1.82, 2.24) is 0 Å². The Hall–Kier alpha value is -0.840. The molecule has 0 N–H and O–H groups in total. The molecule has 0 bridgehead atoms. The minimum absolute atomic E-state index is 0. The van der Waals surface area contributed by atoms with Gasteiger partial charge in [-0.1, -0.05) is 68.7 Å². The molecule has 78 valence electrons. The molecule has 0 aliphatic heterocycles. The van der Waals surface area contributed by atoms with Gasteiger partial charge in [-0.3, -0.25) is 0 Å². The van der Waals surface area contributed by atoms with E-state index < -0.39 is 0 Å². The van der Waals surface area contributed by atoms with Gasteiger partial charge in [0, 0.05) is 0 Å². The first-order chi connectivity index (χ1) is 6.84. The number of hydrogen-bond donors (Lipinski definition) is 0. The van der Waals surface area contributed by atoms with Crippen molar-refractivity contribution in [3.05, 3.63) is 60.2 Å². The van der Waals surface area contributed by atoms with E-state index in [-0.39, 0.29) is 12.4 Å². The van der Waals surface area contributed by atoms with Crippen molar-refractivity contribution in [3.8, 4) is 0 Å². The van der Waals surface area contributed by atoms with E-state index in [1.54, 1.807) is 0 Å². The van der Waals surface area contributed by atoms with E-state index in [1.807, 2.05) is 0 Å². The van der Waals surface area contributed by atoms with Crippen LogP contribution in [-0.2, 0) is 0 Å². The summed E-state index contributed by atoms with van der Waals surface area (Å²) in [6.07, 6.45) is 0. The van der Waals surface area contributed by atoms with Gasteiger partial charge in [0.1, 0.15) is 0 Å². The van der Waals surface area contributed by atoms with E-state index in [2.05, 4.69) is 61.5 Å². The second kappa shape index (κ2) is 5.90. The zero-order valence-electron chi connectivity index (χ0n) is 8.60. The van der Waals surface area contributed by atoms with Gasteiger partial charge in [-0.05, 0) is 17.5 Å². The van der Waals surface area contributed by atoms with Gasteiger partial charge < -0.3 is 0 Å². The molecule has 1 unspecified atom stereocenters. The van der Waals surface area contributed by atoms with E-state index in [1.165, 1.54) is 16.2 Å². The zero-order chi connectivity index (χ0) is 9.80. The fourth-order valence-electron chi connectivity index (χ4n) is 1.41. The summed E-state index contributed by atoms with van der Waals surface area (Å²) in [6, 6.07) is 19.3. The molecule has 0 aliphatic carbocycles. The van der Waals surface area contributed by atoms with Gasteiger partial charge in [-0.25, -0.2) is 0 Å². The van der Waals surface area contributed by atoms with Crippen LogP contribution in [0.4, 0.5) is 0 Å². The second-order valence-corrected chi connectivity index (χ2v) is 4.77. The van der Waals surface area contributed by atoms with Crippen molar-refractivity contribution in [3.63, 3.8) is 0 Å². The Morgan fingerprint density at radius 1 is 0.800 bits per heavy atom. The van der Waals surface area contributed by atoms with Crippen LogP contribution in [0.1, 0.15) is 5.56 Å². The van der Waals surface area contributed by atoms with Crippen LogP contribution < -0.4 is 10.6 Å². The fraction of sp³-hybridized carbons (Fsp3) is 0.0769. The molecule has 0 radical (unpaired) electrons. The van der Waals surface area contributed by atoms with Gasteiger partial charge in [0.2, 0.25) is 0 Å². The summed E-state index contributed by atoms with van der Waals surface area (Å²) in [5, 5.41) is 2.81. The third kappa shape index (κ3) is 3.66. The molecule has 15 heavy (non-hydrogen) atoms. The molecule has 2 aromatic carbocycles. The number of halogens is 1. The highest BCUT2D eigenvalue weighted by Crippen LogP contribution is 2.10. The lowest BCUT2D eigenvalue weighted by molar-refractivity contribution is 1.50. The number of hydrogen-bond acceptors (Lipinski definition) is 0. The lowest BCUT2D eigenvalue weighted by Gasteiger charge is -2.02. The summed E-state index contributed by atoms with van der Waals surface area (Å²) in [4.78, 5) is 0. The summed E-state index contributed by atoms with van der Waals surface area (Å²) in [5.74, 6) is 0. The molecule has 0 heterocycles. The Kier molecular flexibility index (Phi) is 4.81. The standard InChI is InChI=1S/C13H13P.ClH/c1-11-6-5-9-13(10-11)14-12-7-3-2-4-8-12;/h2-10,14H,1H3;1H. The molecule has 2 heteroatoms. The number of rotatable bonds is 2. The van der Waals surface area contributed by atoms with Crippen LogP contribution in [0.5, 0.6) is 0 Å². The predicted molar refractivity (Wildman–Crippen MR) is 72.5 cm³/mol. The third-order valence-corrected chi connectivity index (χ3v) is 3.30. The lowest BCUT2D eigenvalue weighted by Crippen LogP contribution is -2.02. The van der Waals surface area contributed by atoms with Gasteiger partial charge in [-0.15, -0.1) is 12.4 Å². The Labute approximate surface area is 98.9 Å². The Morgan fingerprint density at radius 3 is 2.13 bits per heavy atom. The monoisotopic (exact) mass is 236 g/mol. The van der Waals surface area contributed by atoms with Crippen molar-refractivity contribution in [1.29, 1.82) is 0 Å². The minimum Gasteiger partial charge on any atom is -0.147 e. The van der Waals surface area contributed by atoms with Gasteiger partial charge in [0.05, 0.1) is 0 Å². The van der Waals surface area contributed by atoms with Crippen molar-refractivity contribution in [2.24, 2.45) is 0 Å². The van der Waals surface area contributed by atoms with Crippen LogP contribution in [-0.4, -0.2) is 0 Å². The molecule has 0 amide bonds. The van der Waals surface area contributed by atoms with Crippen molar-refractivity contribution < 1.29 is 0 Å². The highest BCUT2D eigenvalue weighted by Gasteiger charge is 1.94. The first-order valence-electron chi connectivity index (χ1n) is 4.73. The summed E-state index contributed by atoms with van der Waals surface area (Å²) in [6.45, 7) is 2.14. The number of benzene rings is 2. The first-order valence-corrected chi connectivity index (χ1v) is 5.73. The van der Waals surface area contributed by atoms with E-state index in [4.69, 9.17) is 0 Å². The quantitative estimate of drug-likeness (QED) is 0.703. The van der Waals surface area contributed by atoms with Crippen LogP contribution in [0.3, 0.4) is 0 Å². The fourth-order valence-corrected chi connectivity index (χ4v) is 2.58. The first kappa shape index (κ1) is 12.2. The van der Waals surface area contributed by atoms with E-state index in [9.17, 15) is 0 Å². The summed E-state index contributed by atoms with van der Waals surface area (Å²) < 4.78 is 0. The molecule has 0 aromatic heterocycles. The van der Waals surface area contributed by atoms with Crippen LogP contribution in [0.2, 0.25) is 0 Å². The van der Waals surface area contributed by atoms with Crippen molar-refractivity contribution >= 4 is 31.6 Å². The molecule has 0 saturated carbocycles. The molecule has 1 atom stereocenters. The highest BCUT2D eigenvalue weighted by molar-refractivity contribution is 7.55. The largest absolute Gasteiger partial charge is 0.147 e. The van der Waals surface area contributed by atoms with E-state index in [0.717, 1.165) is 8.58 Å². The number of aryl methyl sites for hydroxylation is 1. The topological polar surface area (TPSA) is 0 Å². The summed E-state index contributed by atoms with van der Waals surface area (Å²) >= 11 is 0. The van der Waals surface area contributed by atoms with Gasteiger partial charge in [-0.2, -0.15) is 0 Å².